The molecule has 0 radical (unpaired) electrons. The summed E-state index contributed by atoms with van der Waals surface area (Å²) in [5.74, 6) is -0.778. The van der Waals surface area contributed by atoms with Gasteiger partial charge in [0.1, 0.15) is 0 Å². The van der Waals surface area contributed by atoms with Crippen LogP contribution in [0.25, 0.3) is 0 Å². The average molecular weight is 129 g/mol. The third kappa shape index (κ3) is 1.09. The van der Waals surface area contributed by atoms with E-state index in [1.807, 2.05) is 0 Å². The lowest BCUT2D eigenvalue weighted by Gasteiger charge is -2.09. The van der Waals surface area contributed by atoms with Gasteiger partial charge in [-0.3, -0.25) is 9.69 Å². The van der Waals surface area contributed by atoms with Crippen molar-refractivity contribution < 1.29 is 9.18 Å². The first-order valence-corrected chi connectivity index (χ1v) is 2.86. The molecular weight excluding hydrogens is 121 g/mol. The summed E-state index contributed by atoms with van der Waals surface area (Å²) in [6.45, 7) is 3.52. The van der Waals surface area contributed by atoms with Gasteiger partial charge in [-0.05, 0) is 13.0 Å². The van der Waals surface area contributed by atoms with Crippen LogP contribution in [0.5, 0.6) is 0 Å². The van der Waals surface area contributed by atoms with Gasteiger partial charge < -0.3 is 0 Å². The monoisotopic (exact) mass is 129 g/mol. The molecule has 0 aromatic rings. The molecule has 0 saturated carbocycles. The Labute approximate surface area is 53.0 Å². The van der Waals surface area contributed by atoms with E-state index in [9.17, 15) is 9.18 Å². The minimum atomic E-state index is -0.627. The second-order valence-electron chi connectivity index (χ2n) is 2.03. The molecule has 1 rings (SSSR count). The molecule has 0 N–H and O–H groups in total. The maximum atomic E-state index is 12.2. The third-order valence-electron chi connectivity index (χ3n) is 1.37. The molecule has 1 saturated heterocycles. The van der Waals surface area contributed by atoms with Crippen molar-refractivity contribution in [2.75, 3.05) is 6.54 Å². The van der Waals surface area contributed by atoms with Crippen LogP contribution < -0.4 is 0 Å². The highest BCUT2D eigenvalue weighted by atomic mass is 19.1. The van der Waals surface area contributed by atoms with Crippen molar-refractivity contribution in [1.29, 1.82) is 0 Å². The fourth-order valence-electron chi connectivity index (χ4n) is 0.905. The van der Waals surface area contributed by atoms with Crippen molar-refractivity contribution in [3.8, 4) is 0 Å². The van der Waals surface area contributed by atoms with E-state index in [0.717, 1.165) is 11.3 Å². The predicted octanol–water partition coefficient (Wildman–Crippen LogP) is 1.05. The third-order valence-corrected chi connectivity index (χ3v) is 1.37. The molecule has 1 amide bonds. The summed E-state index contributed by atoms with van der Waals surface area (Å²) in [6, 6.07) is 0. The van der Waals surface area contributed by atoms with Crippen LogP contribution in [0.3, 0.4) is 0 Å². The lowest BCUT2D eigenvalue weighted by atomic mass is 10.4. The Morgan fingerprint density at radius 3 is 2.67 bits per heavy atom. The zero-order chi connectivity index (χ0) is 6.85. The Kier molecular flexibility index (Phi) is 1.51. The molecule has 0 unspecified atom stereocenters. The Balaban J connectivity index is 2.60. The fourth-order valence-corrected chi connectivity index (χ4v) is 0.905. The van der Waals surface area contributed by atoms with E-state index in [2.05, 4.69) is 6.58 Å². The highest BCUT2D eigenvalue weighted by molar-refractivity contribution is 5.79. The molecule has 1 fully saturated rings. The van der Waals surface area contributed by atoms with Crippen LogP contribution in [-0.4, -0.2) is 17.4 Å². The number of carbonyl (C=O) groups excluding carboxylic acids is 1. The summed E-state index contributed by atoms with van der Waals surface area (Å²) in [6.07, 6.45) is 1.21. The molecule has 2 nitrogen and oxygen atoms in total. The van der Waals surface area contributed by atoms with Crippen LogP contribution in [0.15, 0.2) is 12.5 Å². The summed E-state index contributed by atoms with van der Waals surface area (Å²) in [5.41, 5.74) is 0. The summed E-state index contributed by atoms with van der Waals surface area (Å²) < 4.78 is 12.2. The number of likely N-dealkylation sites (tertiary alicyclic amines) is 1. The van der Waals surface area contributed by atoms with Gasteiger partial charge in [-0.2, -0.15) is 4.39 Å². The van der Waals surface area contributed by atoms with Crippen LogP contribution in [-0.2, 0) is 4.79 Å². The predicted molar refractivity (Wildman–Crippen MR) is 31.2 cm³/mol. The van der Waals surface area contributed by atoms with Crippen LogP contribution in [0.2, 0.25) is 0 Å². The van der Waals surface area contributed by atoms with Gasteiger partial charge >= 0.3 is 0 Å². The maximum absolute atomic E-state index is 12.2. The lowest BCUT2D eigenvalue weighted by molar-refractivity contribution is -0.126. The van der Waals surface area contributed by atoms with Crippen molar-refractivity contribution in [3.63, 3.8) is 0 Å². The summed E-state index contributed by atoms with van der Waals surface area (Å²) in [5, 5.41) is 0. The van der Waals surface area contributed by atoms with Gasteiger partial charge in [-0.1, -0.05) is 0 Å². The Bertz CT molecular complexity index is 155. The standard InChI is InChI=1S/C6H8FNO/c1-5(7)8-4-2-3-6(8)9/h1-4H2. The van der Waals surface area contributed by atoms with Crippen LogP contribution in [0, 0.1) is 0 Å². The average Bonchev–Trinajstić information content (AvgIpc) is 2.13. The summed E-state index contributed by atoms with van der Waals surface area (Å²) >= 11 is 0. The number of nitrogens with zero attached hydrogens (tertiary/aromatic N) is 1. The normalized spacial score (nSPS) is 18.8. The molecule has 1 aliphatic heterocycles. The minimum Gasteiger partial charge on any atom is -0.289 e. The highest BCUT2D eigenvalue weighted by Crippen LogP contribution is 2.14. The van der Waals surface area contributed by atoms with E-state index in [1.165, 1.54) is 0 Å². The zero-order valence-electron chi connectivity index (χ0n) is 5.06. The van der Waals surface area contributed by atoms with Gasteiger partial charge in [0.15, 0.2) is 5.95 Å². The molecule has 0 bridgehead atoms. The topological polar surface area (TPSA) is 20.3 Å². The van der Waals surface area contributed by atoms with Gasteiger partial charge in [0, 0.05) is 13.0 Å². The second kappa shape index (κ2) is 2.17. The van der Waals surface area contributed by atoms with Crippen molar-refractivity contribution in [3.05, 3.63) is 12.5 Å². The van der Waals surface area contributed by atoms with Crippen molar-refractivity contribution in [1.82, 2.24) is 4.90 Å². The molecule has 1 heterocycles. The van der Waals surface area contributed by atoms with Gasteiger partial charge in [-0.25, -0.2) is 0 Å². The van der Waals surface area contributed by atoms with E-state index in [0.29, 0.717) is 13.0 Å². The number of amides is 1. The lowest BCUT2D eigenvalue weighted by Crippen LogP contribution is -2.20. The number of carbonyl (C=O) groups is 1. The molecule has 3 heteroatoms. The number of halogens is 1. The molecule has 0 atom stereocenters. The van der Waals surface area contributed by atoms with Crippen LogP contribution >= 0.6 is 0 Å². The Morgan fingerprint density at radius 1 is 1.78 bits per heavy atom. The van der Waals surface area contributed by atoms with E-state index in [1.54, 1.807) is 0 Å². The quantitative estimate of drug-likeness (QED) is 0.484. The second-order valence-corrected chi connectivity index (χ2v) is 2.03. The molecule has 0 spiro atoms. The molecule has 9 heavy (non-hydrogen) atoms. The zero-order valence-corrected chi connectivity index (χ0v) is 5.06. The molecular formula is C6H8FNO. The van der Waals surface area contributed by atoms with Crippen LogP contribution in [0.1, 0.15) is 12.8 Å². The largest absolute Gasteiger partial charge is 0.289 e. The summed E-state index contributed by atoms with van der Waals surface area (Å²) in [4.78, 5) is 11.7. The molecule has 1 aliphatic rings. The van der Waals surface area contributed by atoms with Crippen molar-refractivity contribution in [2.24, 2.45) is 0 Å². The van der Waals surface area contributed by atoms with Crippen molar-refractivity contribution in [2.45, 2.75) is 12.8 Å². The van der Waals surface area contributed by atoms with Crippen molar-refractivity contribution >= 4 is 5.91 Å². The Morgan fingerprint density at radius 2 is 2.44 bits per heavy atom. The number of rotatable bonds is 1. The molecule has 0 aliphatic carbocycles. The highest BCUT2D eigenvalue weighted by Gasteiger charge is 2.21. The summed E-state index contributed by atoms with van der Waals surface area (Å²) in [7, 11) is 0. The first-order valence-electron chi connectivity index (χ1n) is 2.86. The molecule has 50 valence electrons. The smallest absolute Gasteiger partial charge is 0.228 e. The fraction of sp³-hybridized carbons (Fsp3) is 0.500. The minimum absolute atomic E-state index is 0.150. The van der Waals surface area contributed by atoms with E-state index in [4.69, 9.17) is 0 Å². The van der Waals surface area contributed by atoms with Gasteiger partial charge in [0.25, 0.3) is 0 Å². The molecule has 0 aromatic carbocycles. The van der Waals surface area contributed by atoms with Crippen LogP contribution in [0.4, 0.5) is 4.39 Å². The van der Waals surface area contributed by atoms with E-state index in [-0.39, 0.29) is 5.91 Å². The van der Waals surface area contributed by atoms with E-state index < -0.39 is 5.95 Å². The van der Waals surface area contributed by atoms with Gasteiger partial charge in [0.2, 0.25) is 5.91 Å². The first kappa shape index (κ1) is 6.26. The maximum Gasteiger partial charge on any atom is 0.228 e. The number of hydrogen-bond donors (Lipinski definition) is 0. The Hall–Kier alpha value is -0.860. The van der Waals surface area contributed by atoms with E-state index >= 15 is 0 Å². The number of hydrogen-bond acceptors (Lipinski definition) is 1. The first-order chi connectivity index (χ1) is 4.22. The van der Waals surface area contributed by atoms with Gasteiger partial charge in [0.05, 0.1) is 0 Å². The van der Waals surface area contributed by atoms with Gasteiger partial charge in [-0.15, -0.1) is 0 Å². The molecule has 0 aromatic heterocycles. The SMILES string of the molecule is C=C(F)N1CCCC1=O.